The molecule has 0 aliphatic carbocycles. The summed E-state index contributed by atoms with van der Waals surface area (Å²) < 4.78 is 15.4. The molecule has 0 aliphatic rings. The van der Waals surface area contributed by atoms with Gasteiger partial charge in [0.15, 0.2) is 0 Å². The Balaban J connectivity index is 1.42. The molecule has 0 atom stereocenters. The number of rotatable bonds is 7. The average Bonchev–Trinajstić information content (AvgIpc) is 3.26. The van der Waals surface area contributed by atoms with E-state index in [1.165, 1.54) is 0 Å². The van der Waals surface area contributed by atoms with Crippen LogP contribution in [0.3, 0.4) is 0 Å². The third-order valence-electron chi connectivity index (χ3n) is 2.91. The number of ether oxygens (including phenoxy) is 1. The van der Waals surface area contributed by atoms with Crippen LogP contribution >= 0.6 is 0 Å². The maximum atomic E-state index is 11.6. The number of hydrogen-bond donors (Lipinski definition) is 1. The van der Waals surface area contributed by atoms with Crippen LogP contribution in [0.5, 0.6) is 0 Å². The van der Waals surface area contributed by atoms with Gasteiger partial charge < -0.3 is 19.0 Å². The lowest BCUT2D eigenvalue weighted by Crippen LogP contribution is -2.26. The Labute approximate surface area is 131 Å². The van der Waals surface area contributed by atoms with Gasteiger partial charge in [-0.05, 0) is 24.3 Å². The van der Waals surface area contributed by atoms with Crippen molar-refractivity contribution in [1.29, 1.82) is 0 Å². The zero-order valence-corrected chi connectivity index (χ0v) is 12.1. The Morgan fingerprint density at radius 1 is 1.26 bits per heavy atom. The fourth-order valence-electron chi connectivity index (χ4n) is 1.81. The van der Waals surface area contributed by atoms with Gasteiger partial charge in [0.2, 0.25) is 11.7 Å². The van der Waals surface area contributed by atoms with Gasteiger partial charge in [0.1, 0.15) is 19.0 Å². The summed E-state index contributed by atoms with van der Waals surface area (Å²) >= 11 is 0. The van der Waals surface area contributed by atoms with E-state index >= 15 is 0 Å². The van der Waals surface area contributed by atoms with Gasteiger partial charge in [0.25, 0.3) is 5.89 Å². The molecule has 0 radical (unpaired) electrons. The Bertz CT molecular complexity index is 740. The molecule has 3 aromatic rings. The van der Waals surface area contributed by atoms with E-state index in [0.717, 1.165) is 5.56 Å². The maximum absolute atomic E-state index is 11.6. The molecular formula is C15H14N4O4. The maximum Gasteiger partial charge on any atom is 0.252 e. The first-order chi connectivity index (χ1) is 11.3. The molecule has 0 fully saturated rings. The first-order valence-electron chi connectivity index (χ1n) is 6.91. The van der Waals surface area contributed by atoms with Crippen LogP contribution in [0.2, 0.25) is 0 Å². The lowest BCUT2D eigenvalue weighted by atomic mass is 10.2. The molecule has 3 rings (SSSR count). The van der Waals surface area contributed by atoms with Gasteiger partial charge in [-0.15, -0.1) is 0 Å². The fourth-order valence-corrected chi connectivity index (χ4v) is 1.81. The van der Waals surface area contributed by atoms with Crippen LogP contribution in [-0.2, 0) is 22.7 Å². The number of carbonyl (C=O) groups is 1. The Morgan fingerprint density at radius 2 is 2.13 bits per heavy atom. The lowest BCUT2D eigenvalue weighted by Gasteiger charge is -2.03. The zero-order chi connectivity index (χ0) is 15.9. The molecule has 8 heteroatoms. The second-order valence-electron chi connectivity index (χ2n) is 4.60. The number of nitrogens with zero attached hydrogens (tertiary/aromatic N) is 3. The number of carbonyl (C=O) groups excluding carboxylic acids is 1. The van der Waals surface area contributed by atoms with Crippen molar-refractivity contribution in [2.75, 3.05) is 6.61 Å². The summed E-state index contributed by atoms with van der Waals surface area (Å²) in [7, 11) is 0. The van der Waals surface area contributed by atoms with Crippen LogP contribution in [-0.4, -0.2) is 27.6 Å². The highest BCUT2D eigenvalue weighted by Gasteiger charge is 2.09. The highest BCUT2D eigenvalue weighted by molar-refractivity contribution is 5.77. The highest BCUT2D eigenvalue weighted by atomic mass is 16.5. The average molecular weight is 314 g/mol. The van der Waals surface area contributed by atoms with Gasteiger partial charge in [0.05, 0.1) is 12.8 Å². The summed E-state index contributed by atoms with van der Waals surface area (Å²) in [5, 5.41) is 6.52. The van der Waals surface area contributed by atoms with Crippen LogP contribution in [0.4, 0.5) is 0 Å². The van der Waals surface area contributed by atoms with Crippen LogP contribution in [0.1, 0.15) is 11.7 Å². The molecule has 0 spiro atoms. The van der Waals surface area contributed by atoms with Crippen molar-refractivity contribution < 1.29 is 18.5 Å². The SMILES string of the molecule is O=C(COCc1nc(-c2ccncc2)no1)NCc1ccco1. The second kappa shape index (κ2) is 7.32. The number of nitrogens with one attached hydrogen (secondary N) is 1. The van der Waals surface area contributed by atoms with E-state index in [-0.39, 0.29) is 19.1 Å². The smallest absolute Gasteiger partial charge is 0.252 e. The number of hydrogen-bond acceptors (Lipinski definition) is 7. The largest absolute Gasteiger partial charge is 0.467 e. The van der Waals surface area contributed by atoms with Crippen molar-refractivity contribution in [2.24, 2.45) is 0 Å². The van der Waals surface area contributed by atoms with Crippen molar-refractivity contribution in [3.63, 3.8) is 0 Å². The fraction of sp³-hybridized carbons (Fsp3) is 0.200. The normalized spacial score (nSPS) is 10.6. The standard InChI is InChI=1S/C15H14N4O4/c20-13(17-8-12-2-1-7-22-12)9-21-10-14-18-15(19-23-14)11-3-5-16-6-4-11/h1-7H,8-10H2,(H,17,20). The predicted molar refractivity (Wildman–Crippen MR) is 77.7 cm³/mol. The van der Waals surface area contributed by atoms with Crippen LogP contribution in [0.15, 0.2) is 51.9 Å². The summed E-state index contributed by atoms with van der Waals surface area (Å²) in [5.41, 5.74) is 0.797. The van der Waals surface area contributed by atoms with Crippen molar-refractivity contribution in [1.82, 2.24) is 20.4 Å². The molecule has 0 saturated carbocycles. The molecule has 23 heavy (non-hydrogen) atoms. The number of furan rings is 1. The molecule has 3 heterocycles. The molecular weight excluding hydrogens is 300 g/mol. The third kappa shape index (κ3) is 4.24. The summed E-state index contributed by atoms with van der Waals surface area (Å²) in [5.74, 6) is 1.18. The monoisotopic (exact) mass is 314 g/mol. The first kappa shape index (κ1) is 14.9. The second-order valence-corrected chi connectivity index (χ2v) is 4.60. The van der Waals surface area contributed by atoms with E-state index < -0.39 is 0 Å². The van der Waals surface area contributed by atoms with E-state index in [1.54, 1.807) is 42.9 Å². The Morgan fingerprint density at radius 3 is 2.91 bits per heavy atom. The molecule has 0 unspecified atom stereocenters. The Kier molecular flexibility index (Phi) is 4.75. The highest BCUT2D eigenvalue weighted by Crippen LogP contribution is 2.14. The molecule has 8 nitrogen and oxygen atoms in total. The molecule has 0 bridgehead atoms. The summed E-state index contributed by atoms with van der Waals surface area (Å²) in [6, 6.07) is 7.09. The van der Waals surface area contributed by atoms with E-state index in [1.807, 2.05) is 0 Å². The number of pyridine rings is 1. The molecule has 1 amide bonds. The predicted octanol–water partition coefficient (Wildman–Crippen LogP) is 1.56. The van der Waals surface area contributed by atoms with Gasteiger partial charge in [0, 0.05) is 18.0 Å². The molecule has 3 aromatic heterocycles. The molecule has 0 saturated heterocycles. The van der Waals surface area contributed by atoms with Gasteiger partial charge in [-0.3, -0.25) is 9.78 Å². The van der Waals surface area contributed by atoms with E-state index in [4.69, 9.17) is 13.7 Å². The van der Waals surface area contributed by atoms with Crippen molar-refractivity contribution in [3.8, 4) is 11.4 Å². The minimum absolute atomic E-state index is 0.0618. The third-order valence-corrected chi connectivity index (χ3v) is 2.91. The van der Waals surface area contributed by atoms with Crippen LogP contribution < -0.4 is 5.32 Å². The molecule has 1 N–H and O–H groups in total. The molecule has 0 aliphatic heterocycles. The topological polar surface area (TPSA) is 103 Å². The van der Waals surface area contributed by atoms with Crippen molar-refractivity contribution >= 4 is 5.91 Å². The van der Waals surface area contributed by atoms with Crippen LogP contribution in [0, 0.1) is 0 Å². The molecule has 0 aromatic carbocycles. The van der Waals surface area contributed by atoms with E-state index in [0.29, 0.717) is 24.0 Å². The quantitative estimate of drug-likeness (QED) is 0.705. The van der Waals surface area contributed by atoms with Gasteiger partial charge in [-0.1, -0.05) is 5.16 Å². The summed E-state index contributed by atoms with van der Waals surface area (Å²) in [6.45, 7) is 0.280. The van der Waals surface area contributed by atoms with E-state index in [2.05, 4.69) is 20.4 Å². The van der Waals surface area contributed by atoms with Gasteiger partial charge in [-0.25, -0.2) is 0 Å². The Hall–Kier alpha value is -3.00. The molecule has 118 valence electrons. The number of amides is 1. The van der Waals surface area contributed by atoms with E-state index in [9.17, 15) is 4.79 Å². The van der Waals surface area contributed by atoms with Gasteiger partial charge >= 0.3 is 0 Å². The number of aromatic nitrogens is 3. The van der Waals surface area contributed by atoms with Crippen LogP contribution in [0.25, 0.3) is 11.4 Å². The van der Waals surface area contributed by atoms with Crippen molar-refractivity contribution in [2.45, 2.75) is 13.2 Å². The van der Waals surface area contributed by atoms with Gasteiger partial charge in [-0.2, -0.15) is 4.98 Å². The first-order valence-corrected chi connectivity index (χ1v) is 6.91. The lowest BCUT2D eigenvalue weighted by molar-refractivity contribution is -0.126. The minimum Gasteiger partial charge on any atom is -0.467 e. The zero-order valence-electron chi connectivity index (χ0n) is 12.1. The van der Waals surface area contributed by atoms with Crippen molar-refractivity contribution in [3.05, 3.63) is 54.6 Å². The minimum atomic E-state index is -0.254. The summed E-state index contributed by atoms with van der Waals surface area (Å²) in [6.07, 6.45) is 4.84. The summed E-state index contributed by atoms with van der Waals surface area (Å²) in [4.78, 5) is 19.7.